The largest absolute Gasteiger partial charge is 0.497 e. The molecule has 3 heterocycles. The Bertz CT molecular complexity index is 1200. The fraction of sp³-hybridized carbons (Fsp3) is 0.231. The first-order chi connectivity index (χ1) is 16.5. The number of methoxy groups -OCH3 is 1. The van der Waals surface area contributed by atoms with Crippen LogP contribution in [0.2, 0.25) is 0 Å². The number of furan rings is 1. The van der Waals surface area contributed by atoms with E-state index in [1.54, 1.807) is 29.4 Å². The van der Waals surface area contributed by atoms with Crippen molar-refractivity contribution in [3.05, 3.63) is 98.3 Å². The second kappa shape index (κ2) is 11.2. The van der Waals surface area contributed by atoms with Crippen LogP contribution >= 0.6 is 22.7 Å². The van der Waals surface area contributed by atoms with Crippen molar-refractivity contribution < 1.29 is 18.7 Å². The third-order valence-electron chi connectivity index (χ3n) is 5.35. The van der Waals surface area contributed by atoms with E-state index in [0.717, 1.165) is 21.1 Å². The van der Waals surface area contributed by atoms with Crippen LogP contribution in [-0.4, -0.2) is 23.8 Å². The maximum Gasteiger partial charge on any atom is 0.251 e. The van der Waals surface area contributed by atoms with Gasteiger partial charge in [0.1, 0.15) is 17.3 Å². The van der Waals surface area contributed by atoms with Gasteiger partial charge in [-0.05, 0) is 59.6 Å². The highest BCUT2D eigenvalue weighted by Gasteiger charge is 2.34. The number of nitrogens with zero attached hydrogens (tertiary/aromatic N) is 1. The van der Waals surface area contributed by atoms with Crippen molar-refractivity contribution >= 4 is 34.5 Å². The van der Waals surface area contributed by atoms with Gasteiger partial charge in [-0.3, -0.25) is 9.59 Å². The molecular formula is C26H26N2O4S2. The lowest BCUT2D eigenvalue weighted by molar-refractivity contribution is -0.141. The normalized spacial score (nSPS) is 11.7. The van der Waals surface area contributed by atoms with E-state index in [0.29, 0.717) is 24.6 Å². The van der Waals surface area contributed by atoms with E-state index in [1.165, 1.54) is 11.3 Å². The lowest BCUT2D eigenvalue weighted by atomic mass is 10.1. The Morgan fingerprint density at radius 1 is 1.00 bits per heavy atom. The summed E-state index contributed by atoms with van der Waals surface area (Å²) in [5.74, 6) is 1.46. The molecule has 34 heavy (non-hydrogen) atoms. The summed E-state index contributed by atoms with van der Waals surface area (Å²) in [6.45, 7) is 2.47. The number of ether oxygens (including phenoxy) is 1. The maximum atomic E-state index is 13.5. The summed E-state index contributed by atoms with van der Waals surface area (Å²) in [5, 5.41) is 6.90. The van der Waals surface area contributed by atoms with Crippen LogP contribution in [0.15, 0.2) is 75.8 Å². The highest BCUT2D eigenvalue weighted by molar-refractivity contribution is 7.10. The molecule has 176 valence electrons. The van der Waals surface area contributed by atoms with Crippen LogP contribution < -0.4 is 10.1 Å². The molecule has 1 atom stereocenters. The fourth-order valence-corrected chi connectivity index (χ4v) is 5.01. The van der Waals surface area contributed by atoms with Gasteiger partial charge in [0.2, 0.25) is 5.91 Å². The minimum atomic E-state index is -0.887. The zero-order valence-electron chi connectivity index (χ0n) is 19.0. The molecule has 0 saturated heterocycles. The Kier molecular flexibility index (Phi) is 7.82. The summed E-state index contributed by atoms with van der Waals surface area (Å²) in [5.41, 5.74) is 0.929. The van der Waals surface area contributed by atoms with Crippen LogP contribution in [0.25, 0.3) is 0 Å². The highest BCUT2D eigenvalue weighted by atomic mass is 32.1. The molecule has 0 aliphatic rings. The highest BCUT2D eigenvalue weighted by Crippen LogP contribution is 2.28. The summed E-state index contributed by atoms with van der Waals surface area (Å²) in [6.07, 6.45) is 0.227. The minimum absolute atomic E-state index is 0.130. The second-order valence-electron chi connectivity index (χ2n) is 7.77. The first-order valence-electron chi connectivity index (χ1n) is 10.8. The summed E-state index contributed by atoms with van der Waals surface area (Å²) in [6, 6.07) is 18.0. The number of amides is 2. The van der Waals surface area contributed by atoms with Crippen molar-refractivity contribution in [2.75, 3.05) is 7.11 Å². The number of thiophene rings is 2. The van der Waals surface area contributed by atoms with Gasteiger partial charge in [-0.25, -0.2) is 0 Å². The second-order valence-corrected chi connectivity index (χ2v) is 9.84. The first kappa shape index (κ1) is 23.8. The zero-order valence-corrected chi connectivity index (χ0v) is 20.7. The van der Waals surface area contributed by atoms with E-state index < -0.39 is 6.04 Å². The van der Waals surface area contributed by atoms with E-state index in [-0.39, 0.29) is 18.2 Å². The van der Waals surface area contributed by atoms with E-state index in [2.05, 4.69) is 5.32 Å². The standard InChI is InChI=1S/C26H26N2O4S2/c1-18-7-12-23(32-18)25(26(30)27-16-19-8-10-20(31-2)11-9-19)28(17-22-6-4-14-34-22)24(29)15-21-5-3-13-33-21/h3-14,25H,15-17H2,1-2H3,(H,27,30)/t25-/m0/s1. The molecule has 1 aromatic carbocycles. The molecule has 8 heteroatoms. The third-order valence-corrected chi connectivity index (χ3v) is 7.09. The van der Waals surface area contributed by atoms with Crippen LogP contribution in [0.1, 0.15) is 32.9 Å². The summed E-state index contributed by atoms with van der Waals surface area (Å²) in [4.78, 5) is 30.6. The van der Waals surface area contributed by atoms with Crippen LogP contribution in [0.5, 0.6) is 5.75 Å². The van der Waals surface area contributed by atoms with Gasteiger partial charge < -0.3 is 19.4 Å². The summed E-state index contributed by atoms with van der Waals surface area (Å²) >= 11 is 3.08. The number of nitrogens with one attached hydrogen (secondary N) is 1. The molecular weight excluding hydrogens is 468 g/mol. The number of hydrogen-bond donors (Lipinski definition) is 1. The van der Waals surface area contributed by atoms with Gasteiger partial charge in [0.25, 0.3) is 5.91 Å². The monoisotopic (exact) mass is 494 g/mol. The lowest BCUT2D eigenvalue weighted by Gasteiger charge is -2.29. The Morgan fingerprint density at radius 3 is 2.29 bits per heavy atom. The average molecular weight is 495 g/mol. The molecule has 2 amide bonds. The number of aryl methyl sites for hydroxylation is 1. The topological polar surface area (TPSA) is 71.8 Å². The van der Waals surface area contributed by atoms with E-state index in [1.807, 2.05) is 72.3 Å². The van der Waals surface area contributed by atoms with Gasteiger partial charge in [-0.2, -0.15) is 0 Å². The smallest absolute Gasteiger partial charge is 0.251 e. The molecule has 0 saturated carbocycles. The molecule has 3 aromatic heterocycles. The van der Waals surface area contributed by atoms with Crippen molar-refractivity contribution in [3.63, 3.8) is 0 Å². The Morgan fingerprint density at radius 2 is 1.71 bits per heavy atom. The average Bonchev–Trinajstić information content (AvgIpc) is 3.62. The number of rotatable bonds is 10. The van der Waals surface area contributed by atoms with Crippen molar-refractivity contribution in [1.82, 2.24) is 10.2 Å². The molecule has 6 nitrogen and oxygen atoms in total. The van der Waals surface area contributed by atoms with Gasteiger partial charge in [0, 0.05) is 16.3 Å². The van der Waals surface area contributed by atoms with Gasteiger partial charge in [0.05, 0.1) is 20.1 Å². The molecule has 0 bridgehead atoms. The van der Waals surface area contributed by atoms with Gasteiger partial charge in [-0.15, -0.1) is 22.7 Å². The number of carbonyl (C=O) groups is 2. The van der Waals surface area contributed by atoms with Gasteiger partial charge in [-0.1, -0.05) is 24.3 Å². The molecule has 1 N–H and O–H groups in total. The van der Waals surface area contributed by atoms with Gasteiger partial charge >= 0.3 is 0 Å². The molecule has 0 radical (unpaired) electrons. The zero-order chi connectivity index (χ0) is 23.9. The molecule has 0 unspecified atom stereocenters. The van der Waals surface area contributed by atoms with E-state index >= 15 is 0 Å². The van der Waals surface area contributed by atoms with Gasteiger partial charge in [0.15, 0.2) is 6.04 Å². The number of hydrogen-bond acceptors (Lipinski definition) is 6. The fourth-order valence-electron chi connectivity index (χ4n) is 3.61. The quantitative estimate of drug-likeness (QED) is 0.323. The molecule has 4 rings (SSSR count). The van der Waals surface area contributed by atoms with Crippen molar-refractivity contribution in [3.8, 4) is 5.75 Å². The SMILES string of the molecule is COc1ccc(CNC(=O)[C@H](c2ccc(C)o2)N(Cc2cccs2)C(=O)Cc2cccs2)cc1. The molecule has 0 aliphatic carbocycles. The number of carbonyl (C=O) groups excluding carboxylic acids is 2. The van der Waals surface area contributed by atoms with Crippen LogP contribution in [0.3, 0.4) is 0 Å². The summed E-state index contributed by atoms with van der Waals surface area (Å²) < 4.78 is 11.1. The molecule has 0 spiro atoms. The third kappa shape index (κ3) is 5.95. The van der Waals surface area contributed by atoms with Crippen LogP contribution in [-0.2, 0) is 29.1 Å². The van der Waals surface area contributed by atoms with E-state index in [9.17, 15) is 9.59 Å². The Hall–Kier alpha value is -3.36. The number of benzene rings is 1. The molecule has 4 aromatic rings. The predicted molar refractivity (Wildman–Crippen MR) is 134 cm³/mol. The molecule has 0 aliphatic heterocycles. The Labute approximate surface area is 206 Å². The van der Waals surface area contributed by atoms with Crippen molar-refractivity contribution in [1.29, 1.82) is 0 Å². The maximum absolute atomic E-state index is 13.5. The minimum Gasteiger partial charge on any atom is -0.497 e. The summed E-state index contributed by atoms with van der Waals surface area (Å²) in [7, 11) is 1.61. The molecule has 0 fully saturated rings. The van der Waals surface area contributed by atoms with Crippen LogP contribution in [0, 0.1) is 6.92 Å². The Balaban J connectivity index is 1.60. The lowest BCUT2D eigenvalue weighted by Crippen LogP contribution is -2.43. The van der Waals surface area contributed by atoms with Crippen molar-refractivity contribution in [2.45, 2.75) is 32.5 Å². The first-order valence-corrected chi connectivity index (χ1v) is 12.6. The van der Waals surface area contributed by atoms with Crippen LogP contribution in [0.4, 0.5) is 0 Å². The predicted octanol–water partition coefficient (Wildman–Crippen LogP) is 5.35. The van der Waals surface area contributed by atoms with Crippen molar-refractivity contribution in [2.24, 2.45) is 0 Å². The van der Waals surface area contributed by atoms with E-state index in [4.69, 9.17) is 9.15 Å².